The lowest BCUT2D eigenvalue weighted by Crippen LogP contribution is -2.43. The Labute approximate surface area is 121 Å². The van der Waals surface area contributed by atoms with Gasteiger partial charge in [-0.15, -0.1) is 0 Å². The predicted molar refractivity (Wildman–Crippen MR) is 79.5 cm³/mol. The van der Waals surface area contributed by atoms with Gasteiger partial charge < -0.3 is 0 Å². The van der Waals surface area contributed by atoms with E-state index in [1.165, 1.54) is 18.5 Å². The minimum Gasteiger partial charge on any atom is -0.273 e. The maximum absolute atomic E-state index is 11.8. The largest absolute Gasteiger partial charge is 0.273 e. The topological polar surface area (TPSA) is 55.2 Å². The van der Waals surface area contributed by atoms with Gasteiger partial charge in [-0.05, 0) is 30.2 Å². The monoisotopic (exact) mass is 289 g/mol. The molecule has 2 rings (SSSR count). The Morgan fingerprint density at radius 2 is 2.00 bits per heavy atom. The van der Waals surface area contributed by atoms with Crippen molar-refractivity contribution in [2.24, 2.45) is 0 Å². The Balaban J connectivity index is 2.92. The van der Waals surface area contributed by atoms with Crippen LogP contribution in [0.15, 0.2) is 24.4 Å². The van der Waals surface area contributed by atoms with Crippen LogP contribution in [0.4, 0.5) is 0 Å². The number of aryl methyl sites for hydroxylation is 1. The van der Waals surface area contributed by atoms with Crippen LogP contribution in [-0.4, -0.2) is 21.5 Å². The molecule has 0 N–H and O–H groups in total. The molecule has 0 aliphatic heterocycles. The number of rotatable bonds is 2. The highest BCUT2D eigenvalue weighted by Crippen LogP contribution is 2.17. The Hall–Kier alpha value is -2.08. The molecule has 0 aliphatic carbocycles. The lowest BCUT2D eigenvalue weighted by atomic mass is 10.2. The molecule has 2 aromatic rings. The van der Waals surface area contributed by atoms with Crippen molar-refractivity contribution in [1.29, 1.82) is 0 Å². The number of pyridine rings is 2. The molecule has 0 atom stereocenters. The molecule has 2 heterocycles. The summed E-state index contributed by atoms with van der Waals surface area (Å²) in [5.74, 6) is -0.789. The fraction of sp³-hybridized carbons (Fsp3) is 0.286. The second-order valence-electron chi connectivity index (χ2n) is 4.41. The highest BCUT2D eigenvalue weighted by Gasteiger charge is 2.20. The number of imide groups is 1. The molecule has 6 heteroatoms. The molecule has 0 aromatic carbocycles. The summed E-state index contributed by atoms with van der Waals surface area (Å²) >= 11 is 5.41. The van der Waals surface area contributed by atoms with Crippen molar-refractivity contribution in [1.82, 2.24) is 9.66 Å². The zero-order chi connectivity index (χ0) is 14.9. The molecule has 0 spiro atoms. The van der Waals surface area contributed by atoms with Crippen molar-refractivity contribution >= 4 is 35.1 Å². The molecule has 0 bridgehead atoms. The predicted octanol–water partition coefficient (Wildman–Crippen LogP) is 2.36. The third-order valence-electron chi connectivity index (χ3n) is 2.99. The summed E-state index contributed by atoms with van der Waals surface area (Å²) in [6.45, 7) is 4.64. The van der Waals surface area contributed by atoms with Crippen LogP contribution in [-0.2, 0) is 16.0 Å². The summed E-state index contributed by atoms with van der Waals surface area (Å²) in [6.07, 6.45) is 2.32. The highest BCUT2D eigenvalue weighted by atomic mass is 32.1. The van der Waals surface area contributed by atoms with Crippen molar-refractivity contribution in [2.45, 2.75) is 27.2 Å². The average Bonchev–Trinajstić information content (AvgIpc) is 2.40. The summed E-state index contributed by atoms with van der Waals surface area (Å²) in [6, 6.07) is 5.63. The van der Waals surface area contributed by atoms with E-state index in [1.54, 1.807) is 12.3 Å². The molecular weight excluding hydrogens is 274 g/mol. The fourth-order valence-electron chi connectivity index (χ4n) is 2.12. The maximum atomic E-state index is 11.8. The minimum absolute atomic E-state index is 0.395. The number of amides is 2. The van der Waals surface area contributed by atoms with E-state index in [9.17, 15) is 9.59 Å². The van der Waals surface area contributed by atoms with Gasteiger partial charge in [-0.2, -0.15) is 5.01 Å². The van der Waals surface area contributed by atoms with Crippen molar-refractivity contribution < 1.29 is 9.59 Å². The number of nitrogens with zero attached hydrogens (tertiary/aromatic N) is 3. The maximum Gasteiger partial charge on any atom is 0.245 e. The Morgan fingerprint density at radius 1 is 1.35 bits per heavy atom. The Bertz CT molecular complexity index is 738. The van der Waals surface area contributed by atoms with Crippen molar-refractivity contribution in [3.8, 4) is 0 Å². The number of hydrogen-bond acceptors (Lipinski definition) is 4. The molecule has 0 radical (unpaired) electrons. The lowest BCUT2D eigenvalue weighted by Gasteiger charge is -2.23. The molecule has 104 valence electrons. The van der Waals surface area contributed by atoms with Crippen molar-refractivity contribution in [3.05, 3.63) is 34.6 Å². The summed E-state index contributed by atoms with van der Waals surface area (Å²) < 4.78 is 1.86. The van der Waals surface area contributed by atoms with Crippen molar-refractivity contribution in [3.63, 3.8) is 0 Å². The van der Waals surface area contributed by atoms with E-state index < -0.39 is 11.8 Å². The lowest BCUT2D eigenvalue weighted by molar-refractivity contribution is -0.126. The first-order valence-corrected chi connectivity index (χ1v) is 6.69. The quantitative estimate of drug-likeness (QED) is 0.796. The smallest absolute Gasteiger partial charge is 0.245 e. The van der Waals surface area contributed by atoms with E-state index in [0.29, 0.717) is 16.7 Å². The number of carbonyl (C=O) groups excluding carboxylic acids is 2. The third-order valence-corrected chi connectivity index (χ3v) is 3.43. The second-order valence-corrected chi connectivity index (χ2v) is 4.79. The van der Waals surface area contributed by atoms with E-state index in [-0.39, 0.29) is 0 Å². The number of carbonyl (C=O) groups is 2. The SMILES string of the molecule is CCc1cc2cccnc2n(N(C(C)=O)C(C)=O)c1=S. The molecular formula is C14H15N3O2S. The van der Waals surface area contributed by atoms with E-state index in [1.807, 2.05) is 19.1 Å². The van der Waals surface area contributed by atoms with Crippen LogP contribution in [0.3, 0.4) is 0 Å². The first-order chi connectivity index (χ1) is 9.47. The molecule has 20 heavy (non-hydrogen) atoms. The molecule has 0 aliphatic rings. The van der Waals surface area contributed by atoms with Crippen LogP contribution in [0.2, 0.25) is 0 Å². The zero-order valence-electron chi connectivity index (χ0n) is 11.6. The molecule has 2 amide bonds. The summed E-state index contributed by atoms with van der Waals surface area (Å²) in [7, 11) is 0. The Kier molecular flexibility index (Phi) is 3.94. The first-order valence-electron chi connectivity index (χ1n) is 6.28. The fourth-order valence-corrected chi connectivity index (χ4v) is 2.49. The number of fused-ring (bicyclic) bond motifs is 1. The van der Waals surface area contributed by atoms with Crippen LogP contribution in [0.1, 0.15) is 26.3 Å². The Morgan fingerprint density at radius 3 is 2.55 bits per heavy atom. The van der Waals surface area contributed by atoms with Crippen LogP contribution in [0.25, 0.3) is 11.0 Å². The summed E-state index contributed by atoms with van der Waals surface area (Å²) in [5.41, 5.74) is 1.40. The van der Waals surface area contributed by atoms with Gasteiger partial charge in [0.05, 0.1) is 0 Å². The van der Waals surface area contributed by atoms with Crippen LogP contribution >= 0.6 is 12.2 Å². The van der Waals surface area contributed by atoms with Gasteiger partial charge in [0.25, 0.3) is 0 Å². The van der Waals surface area contributed by atoms with Gasteiger partial charge in [0.2, 0.25) is 11.8 Å². The highest BCUT2D eigenvalue weighted by molar-refractivity contribution is 7.71. The van der Waals surface area contributed by atoms with Crippen LogP contribution in [0.5, 0.6) is 0 Å². The molecule has 0 unspecified atom stereocenters. The standard InChI is InChI=1S/C14H15N3O2S/c1-4-11-8-12-6-5-7-15-13(12)17(14(11)20)16(9(2)18)10(3)19/h5-8H,4H2,1-3H3. The van der Waals surface area contributed by atoms with Crippen LogP contribution in [0, 0.1) is 4.64 Å². The third kappa shape index (κ3) is 2.34. The van der Waals surface area contributed by atoms with Gasteiger partial charge in [-0.3, -0.25) is 9.59 Å². The first kappa shape index (κ1) is 14.3. The van der Waals surface area contributed by atoms with Crippen molar-refractivity contribution in [2.75, 3.05) is 5.01 Å². The minimum atomic E-state index is -0.395. The van der Waals surface area contributed by atoms with E-state index in [0.717, 1.165) is 16.0 Å². The van der Waals surface area contributed by atoms with E-state index in [2.05, 4.69) is 4.98 Å². The molecule has 5 nitrogen and oxygen atoms in total. The zero-order valence-corrected chi connectivity index (χ0v) is 12.4. The van der Waals surface area contributed by atoms with E-state index in [4.69, 9.17) is 12.2 Å². The summed E-state index contributed by atoms with van der Waals surface area (Å²) in [5, 5.41) is 1.86. The molecule has 0 fully saturated rings. The molecule has 0 saturated heterocycles. The van der Waals surface area contributed by atoms with Gasteiger partial charge in [0.15, 0.2) is 5.65 Å². The van der Waals surface area contributed by atoms with Gasteiger partial charge in [-0.25, -0.2) is 9.66 Å². The van der Waals surface area contributed by atoms with E-state index >= 15 is 0 Å². The molecule has 0 saturated carbocycles. The van der Waals surface area contributed by atoms with Crippen LogP contribution < -0.4 is 5.01 Å². The van der Waals surface area contributed by atoms with Gasteiger partial charge >= 0.3 is 0 Å². The average molecular weight is 289 g/mol. The van der Waals surface area contributed by atoms with Gasteiger partial charge in [0, 0.05) is 25.4 Å². The number of aromatic nitrogens is 2. The summed E-state index contributed by atoms with van der Waals surface area (Å²) in [4.78, 5) is 27.8. The van der Waals surface area contributed by atoms with Gasteiger partial charge in [0.1, 0.15) is 4.64 Å². The second kappa shape index (κ2) is 5.50. The molecule has 2 aromatic heterocycles. The number of hydrogen-bond donors (Lipinski definition) is 0. The van der Waals surface area contributed by atoms with Gasteiger partial charge in [-0.1, -0.05) is 19.1 Å². The normalized spacial score (nSPS) is 10.6.